The third kappa shape index (κ3) is 3.39. The van der Waals surface area contributed by atoms with Gasteiger partial charge >= 0.3 is 0 Å². The number of nitrogens with one attached hydrogen (secondary N) is 1. The van der Waals surface area contributed by atoms with Crippen LogP contribution in [0.2, 0.25) is 5.02 Å². The Bertz CT molecular complexity index is 622. The molecule has 0 aromatic heterocycles. The zero-order valence-corrected chi connectivity index (χ0v) is 13.8. The molecule has 1 unspecified atom stereocenters. The second-order valence-electron chi connectivity index (χ2n) is 5.26. The van der Waals surface area contributed by atoms with Crippen molar-refractivity contribution in [2.24, 2.45) is 0 Å². The van der Waals surface area contributed by atoms with Crippen LogP contribution in [0.1, 0.15) is 32.3 Å². The van der Waals surface area contributed by atoms with Gasteiger partial charge in [-0.05, 0) is 38.4 Å². The predicted octanol–water partition coefficient (Wildman–Crippen LogP) is 2.76. The second-order valence-corrected chi connectivity index (χ2v) is 7.56. The summed E-state index contributed by atoms with van der Waals surface area (Å²) in [4.78, 5) is -0.323. The van der Waals surface area contributed by atoms with Crippen molar-refractivity contribution in [3.05, 3.63) is 28.5 Å². The van der Waals surface area contributed by atoms with E-state index in [1.165, 1.54) is 16.4 Å². The summed E-state index contributed by atoms with van der Waals surface area (Å²) in [5.41, 5.74) is 0.273. The molecule has 0 spiro atoms. The lowest BCUT2D eigenvalue weighted by atomic mass is 10.2. The summed E-state index contributed by atoms with van der Waals surface area (Å²) in [6.07, 6.45) is 1.60. The monoisotopic (exact) mass is 334 g/mol. The summed E-state index contributed by atoms with van der Waals surface area (Å²) in [6, 6.07) is 2.56. The van der Waals surface area contributed by atoms with E-state index in [4.69, 9.17) is 11.6 Å². The van der Waals surface area contributed by atoms with Crippen molar-refractivity contribution < 1.29 is 12.8 Å². The smallest absolute Gasteiger partial charge is 0.246 e. The Hall–Kier alpha value is -0.690. The molecule has 2 rings (SSSR count). The Morgan fingerprint density at radius 2 is 2.19 bits per heavy atom. The van der Waals surface area contributed by atoms with Crippen molar-refractivity contribution in [2.45, 2.75) is 44.2 Å². The number of hydrogen-bond donors (Lipinski definition) is 1. The Morgan fingerprint density at radius 3 is 2.76 bits per heavy atom. The molecular weight excluding hydrogens is 315 g/mol. The van der Waals surface area contributed by atoms with Gasteiger partial charge in [0.05, 0.1) is 0 Å². The summed E-state index contributed by atoms with van der Waals surface area (Å²) >= 11 is 5.97. The molecule has 0 aliphatic carbocycles. The molecule has 1 aromatic carbocycles. The molecule has 118 valence electrons. The van der Waals surface area contributed by atoms with E-state index < -0.39 is 15.8 Å². The van der Waals surface area contributed by atoms with Crippen LogP contribution in [0.15, 0.2) is 17.0 Å². The van der Waals surface area contributed by atoms with E-state index in [-0.39, 0.29) is 28.1 Å². The highest BCUT2D eigenvalue weighted by atomic mass is 35.5. The van der Waals surface area contributed by atoms with Gasteiger partial charge in [-0.1, -0.05) is 18.5 Å². The maximum atomic E-state index is 14.5. The molecule has 1 aliphatic heterocycles. The van der Waals surface area contributed by atoms with Gasteiger partial charge in [0, 0.05) is 29.7 Å². The van der Waals surface area contributed by atoms with Crippen LogP contribution < -0.4 is 5.32 Å². The molecule has 1 fully saturated rings. The average molecular weight is 335 g/mol. The van der Waals surface area contributed by atoms with Gasteiger partial charge in [-0.15, -0.1) is 0 Å². The zero-order valence-electron chi connectivity index (χ0n) is 12.2. The number of nitrogens with zero attached hydrogens (tertiary/aromatic N) is 1. The van der Waals surface area contributed by atoms with Gasteiger partial charge < -0.3 is 5.32 Å². The molecule has 0 saturated carbocycles. The van der Waals surface area contributed by atoms with Crippen molar-refractivity contribution in [1.29, 1.82) is 0 Å². The van der Waals surface area contributed by atoms with Crippen LogP contribution in [0.5, 0.6) is 0 Å². The molecule has 1 aliphatic rings. The highest BCUT2D eigenvalue weighted by molar-refractivity contribution is 7.89. The number of halogens is 2. The van der Waals surface area contributed by atoms with Crippen molar-refractivity contribution in [3.8, 4) is 0 Å². The predicted molar refractivity (Wildman–Crippen MR) is 81.4 cm³/mol. The Balaban J connectivity index is 2.45. The zero-order chi connectivity index (χ0) is 15.6. The highest BCUT2D eigenvalue weighted by Crippen LogP contribution is 2.30. The first-order valence-electron chi connectivity index (χ1n) is 7.08. The topological polar surface area (TPSA) is 49.4 Å². The van der Waals surface area contributed by atoms with Gasteiger partial charge in [0.2, 0.25) is 10.0 Å². The second kappa shape index (κ2) is 6.60. The maximum absolute atomic E-state index is 14.5. The first kappa shape index (κ1) is 16.7. The van der Waals surface area contributed by atoms with Crippen LogP contribution in [0.3, 0.4) is 0 Å². The normalized spacial score (nSPS) is 20.1. The Morgan fingerprint density at radius 1 is 1.48 bits per heavy atom. The standard InChI is InChI=1S/C14H20ClFN2O2S/c1-3-17-9-11-7-12(15)8-13(14(11)16)21(19,20)18-6-4-5-10(18)2/h7-8,10,17H,3-6,9H2,1-2H3. The van der Waals surface area contributed by atoms with Gasteiger partial charge in [-0.25, -0.2) is 12.8 Å². The van der Waals surface area contributed by atoms with Crippen LogP contribution in [0.4, 0.5) is 4.39 Å². The van der Waals surface area contributed by atoms with E-state index in [0.717, 1.165) is 12.8 Å². The summed E-state index contributed by atoms with van der Waals surface area (Å²) in [5.74, 6) is -0.709. The van der Waals surface area contributed by atoms with E-state index in [2.05, 4.69) is 5.32 Å². The third-order valence-corrected chi connectivity index (χ3v) is 5.95. The molecular formula is C14H20ClFN2O2S. The molecule has 1 atom stereocenters. The van der Waals surface area contributed by atoms with Crippen LogP contribution >= 0.6 is 11.6 Å². The fourth-order valence-corrected chi connectivity index (χ4v) is 4.72. The van der Waals surface area contributed by atoms with Crippen LogP contribution in [0.25, 0.3) is 0 Å². The molecule has 7 heteroatoms. The summed E-state index contributed by atoms with van der Waals surface area (Å²) < 4.78 is 41.2. The van der Waals surface area contributed by atoms with Crippen molar-refractivity contribution in [2.75, 3.05) is 13.1 Å². The van der Waals surface area contributed by atoms with Crippen molar-refractivity contribution >= 4 is 21.6 Å². The van der Waals surface area contributed by atoms with E-state index in [1.807, 2.05) is 13.8 Å². The SMILES string of the molecule is CCNCc1cc(Cl)cc(S(=O)(=O)N2CCCC2C)c1F. The molecule has 0 bridgehead atoms. The summed E-state index contributed by atoms with van der Waals surface area (Å²) in [7, 11) is -3.84. The van der Waals surface area contributed by atoms with Crippen LogP contribution in [-0.4, -0.2) is 31.9 Å². The third-order valence-electron chi connectivity index (χ3n) is 3.72. The summed E-state index contributed by atoms with van der Waals surface area (Å²) in [6.45, 7) is 5.08. The fourth-order valence-electron chi connectivity index (χ4n) is 2.58. The lowest BCUT2D eigenvalue weighted by Gasteiger charge is -2.22. The highest BCUT2D eigenvalue weighted by Gasteiger charge is 2.35. The molecule has 1 saturated heterocycles. The minimum Gasteiger partial charge on any atom is -0.313 e. The van der Waals surface area contributed by atoms with Crippen molar-refractivity contribution in [1.82, 2.24) is 9.62 Å². The van der Waals surface area contributed by atoms with E-state index in [1.54, 1.807) is 0 Å². The molecule has 21 heavy (non-hydrogen) atoms. The van der Waals surface area contributed by atoms with Gasteiger partial charge in [0.15, 0.2) is 0 Å². The minimum absolute atomic E-state index is 0.106. The maximum Gasteiger partial charge on any atom is 0.246 e. The first-order chi connectivity index (χ1) is 9.87. The van der Waals surface area contributed by atoms with E-state index in [9.17, 15) is 12.8 Å². The van der Waals surface area contributed by atoms with Crippen LogP contribution in [0, 0.1) is 5.82 Å². The van der Waals surface area contributed by atoms with Gasteiger partial charge in [0.1, 0.15) is 10.7 Å². The quantitative estimate of drug-likeness (QED) is 0.900. The minimum atomic E-state index is -3.84. The van der Waals surface area contributed by atoms with Crippen molar-refractivity contribution in [3.63, 3.8) is 0 Å². The van der Waals surface area contributed by atoms with Gasteiger partial charge in [0.25, 0.3) is 0 Å². The fraction of sp³-hybridized carbons (Fsp3) is 0.571. The van der Waals surface area contributed by atoms with E-state index in [0.29, 0.717) is 13.1 Å². The summed E-state index contributed by atoms with van der Waals surface area (Å²) in [5, 5.41) is 3.21. The van der Waals surface area contributed by atoms with E-state index >= 15 is 0 Å². The lowest BCUT2D eigenvalue weighted by Crippen LogP contribution is -2.34. The number of benzene rings is 1. The molecule has 1 N–H and O–H groups in total. The number of rotatable bonds is 5. The largest absolute Gasteiger partial charge is 0.313 e. The number of sulfonamides is 1. The first-order valence-corrected chi connectivity index (χ1v) is 8.90. The van der Waals surface area contributed by atoms with Gasteiger partial charge in [-0.2, -0.15) is 4.31 Å². The molecule has 1 heterocycles. The molecule has 0 amide bonds. The molecule has 0 radical (unpaired) electrons. The number of hydrogen-bond acceptors (Lipinski definition) is 3. The molecule has 1 aromatic rings. The average Bonchev–Trinajstić information content (AvgIpc) is 2.86. The Labute approximate surface area is 130 Å². The van der Waals surface area contributed by atoms with Crippen LogP contribution in [-0.2, 0) is 16.6 Å². The lowest BCUT2D eigenvalue weighted by molar-refractivity contribution is 0.404. The Kier molecular flexibility index (Phi) is 5.24. The molecule has 4 nitrogen and oxygen atoms in total. The van der Waals surface area contributed by atoms with Gasteiger partial charge in [-0.3, -0.25) is 0 Å².